The first-order valence-electron chi connectivity index (χ1n) is 12.3. The van der Waals surface area contributed by atoms with Crippen molar-refractivity contribution in [3.63, 3.8) is 0 Å². The maximum atomic E-state index is 12.9. The van der Waals surface area contributed by atoms with Crippen LogP contribution in [0.15, 0.2) is 51.4 Å². The number of benzene rings is 1. The van der Waals surface area contributed by atoms with Gasteiger partial charge in [-0.15, -0.1) is 0 Å². The van der Waals surface area contributed by atoms with E-state index in [1.54, 1.807) is 18.0 Å². The molecule has 1 heterocycles. The molecule has 0 fully saturated rings. The average molecular weight is 519 g/mol. The topological polar surface area (TPSA) is 101 Å². The fourth-order valence-corrected chi connectivity index (χ4v) is 5.59. The van der Waals surface area contributed by atoms with Gasteiger partial charge in [0.2, 0.25) is 15.9 Å². The van der Waals surface area contributed by atoms with Crippen LogP contribution in [0.5, 0.6) is 11.5 Å². The molecule has 1 unspecified atom stereocenters. The smallest absolute Gasteiger partial charge is 0.242 e. The highest BCUT2D eigenvalue weighted by atomic mass is 32.2. The van der Waals surface area contributed by atoms with Crippen LogP contribution < -0.4 is 14.8 Å². The Morgan fingerprint density at radius 1 is 1.14 bits per heavy atom. The average Bonchev–Trinajstić information content (AvgIpc) is 3.42. The summed E-state index contributed by atoms with van der Waals surface area (Å²) in [6.07, 6.45) is 6.80. The lowest BCUT2D eigenvalue weighted by Gasteiger charge is -2.24. The van der Waals surface area contributed by atoms with Crippen LogP contribution in [0.1, 0.15) is 32.6 Å². The summed E-state index contributed by atoms with van der Waals surface area (Å²) < 4.78 is 37.5. The molecule has 0 saturated carbocycles. The zero-order valence-corrected chi connectivity index (χ0v) is 22.7. The normalized spacial score (nSPS) is 17.7. The van der Waals surface area contributed by atoms with Crippen molar-refractivity contribution in [1.29, 1.82) is 0 Å². The number of amides is 1. The molecule has 1 N–H and O–H groups in total. The number of hydrogen-bond acceptors (Lipinski definition) is 7. The molecule has 2 aliphatic rings. The second-order valence-electron chi connectivity index (χ2n) is 9.21. The van der Waals surface area contributed by atoms with Crippen molar-refractivity contribution >= 4 is 21.8 Å². The van der Waals surface area contributed by atoms with Gasteiger partial charge in [-0.1, -0.05) is 24.6 Å². The van der Waals surface area contributed by atoms with Gasteiger partial charge in [-0.2, -0.15) is 0 Å². The highest BCUT2D eigenvalue weighted by molar-refractivity contribution is 7.89. The Hall–Kier alpha value is -2.85. The molecule has 1 aliphatic carbocycles. The minimum atomic E-state index is -3.71. The summed E-state index contributed by atoms with van der Waals surface area (Å²) in [5.41, 5.74) is 2.58. The number of carbonyl (C=O) groups excluding carboxylic acids is 1. The monoisotopic (exact) mass is 518 g/mol. The minimum absolute atomic E-state index is 0.0109. The predicted octanol–water partition coefficient (Wildman–Crippen LogP) is 2.85. The van der Waals surface area contributed by atoms with Gasteiger partial charge in [0.25, 0.3) is 0 Å². The molecule has 0 bridgehead atoms. The van der Waals surface area contributed by atoms with E-state index in [1.165, 1.54) is 48.9 Å². The van der Waals surface area contributed by atoms with E-state index in [9.17, 15) is 13.2 Å². The van der Waals surface area contributed by atoms with Gasteiger partial charge in [0, 0.05) is 46.2 Å². The summed E-state index contributed by atoms with van der Waals surface area (Å²) in [5.74, 6) is 2.25. The maximum absolute atomic E-state index is 12.9. The third kappa shape index (κ3) is 6.67. The lowest BCUT2D eigenvalue weighted by atomic mass is 9.86. The maximum Gasteiger partial charge on any atom is 0.242 e. The Balaban J connectivity index is 1.47. The molecule has 10 heteroatoms. The van der Waals surface area contributed by atoms with Crippen molar-refractivity contribution in [1.82, 2.24) is 14.5 Å². The zero-order valence-electron chi connectivity index (χ0n) is 21.9. The first-order chi connectivity index (χ1) is 17.2. The van der Waals surface area contributed by atoms with Crippen LogP contribution in [0.3, 0.4) is 0 Å². The van der Waals surface area contributed by atoms with E-state index in [0.717, 1.165) is 31.8 Å². The number of methoxy groups -OCH3 is 2. The van der Waals surface area contributed by atoms with Gasteiger partial charge in [-0.25, -0.2) is 12.7 Å². The van der Waals surface area contributed by atoms with Gasteiger partial charge in [0.1, 0.15) is 5.84 Å². The van der Waals surface area contributed by atoms with E-state index < -0.39 is 10.0 Å². The Bertz CT molecular complexity index is 1140. The second kappa shape index (κ2) is 12.4. The fraction of sp³-hybridized carbons (Fsp3) is 0.538. The number of nitrogens with one attached hydrogen (secondary N) is 1. The summed E-state index contributed by atoms with van der Waals surface area (Å²) in [6.45, 7) is 4.83. The van der Waals surface area contributed by atoms with Crippen molar-refractivity contribution in [2.75, 3.05) is 54.5 Å². The minimum Gasteiger partial charge on any atom is -0.493 e. The van der Waals surface area contributed by atoms with Crippen molar-refractivity contribution in [3.05, 3.63) is 41.5 Å². The van der Waals surface area contributed by atoms with Gasteiger partial charge in [0.05, 0.1) is 25.7 Å². The molecule has 3 rings (SSSR count). The third-order valence-corrected chi connectivity index (χ3v) is 8.58. The number of sulfonamides is 1. The first-order valence-corrected chi connectivity index (χ1v) is 13.7. The van der Waals surface area contributed by atoms with Crippen LogP contribution in [0.25, 0.3) is 0 Å². The van der Waals surface area contributed by atoms with E-state index in [2.05, 4.69) is 29.4 Å². The highest BCUT2D eigenvalue weighted by Crippen LogP contribution is 2.31. The standard InChI is InChI=1S/C26H38N4O5S/c1-19-17-21(26-27-13-14-28-26)9-8-20(19)12-16-29(2)25(31)7-6-15-30(3)36(32,33)22-10-11-23(34-4)24(18-22)35-5/h8-11,18-19H,6-7,12-17H2,1-5H3,(H,27,28). The number of ether oxygens (including phenoxy) is 2. The van der Waals surface area contributed by atoms with Crippen LogP contribution >= 0.6 is 0 Å². The molecular formula is C26H38N4O5S. The van der Waals surface area contributed by atoms with E-state index in [1.807, 2.05) is 0 Å². The molecule has 0 radical (unpaired) electrons. The predicted molar refractivity (Wildman–Crippen MR) is 141 cm³/mol. The van der Waals surface area contributed by atoms with Crippen LogP contribution in [-0.2, 0) is 14.8 Å². The van der Waals surface area contributed by atoms with Crippen LogP contribution in [0.2, 0.25) is 0 Å². The number of rotatable bonds is 12. The summed E-state index contributed by atoms with van der Waals surface area (Å²) in [6, 6.07) is 4.50. The van der Waals surface area contributed by atoms with Gasteiger partial charge in [-0.05, 0) is 42.9 Å². The molecule has 0 aromatic heterocycles. The van der Waals surface area contributed by atoms with E-state index in [4.69, 9.17) is 9.47 Å². The van der Waals surface area contributed by atoms with Crippen molar-refractivity contribution in [3.8, 4) is 11.5 Å². The van der Waals surface area contributed by atoms with Crippen LogP contribution in [0.4, 0.5) is 0 Å². The quantitative estimate of drug-likeness (QED) is 0.457. The van der Waals surface area contributed by atoms with Crippen LogP contribution in [0, 0.1) is 5.92 Å². The molecule has 1 aliphatic heterocycles. The van der Waals surface area contributed by atoms with Gasteiger partial charge in [-0.3, -0.25) is 9.79 Å². The molecule has 1 aromatic carbocycles. The molecule has 9 nitrogen and oxygen atoms in total. The number of nitrogens with zero attached hydrogens (tertiary/aromatic N) is 3. The number of allylic oxidation sites excluding steroid dienone is 2. The second-order valence-corrected chi connectivity index (χ2v) is 11.3. The number of carbonyl (C=O) groups is 1. The lowest BCUT2D eigenvalue weighted by Crippen LogP contribution is -2.31. The molecule has 1 aromatic rings. The summed E-state index contributed by atoms with van der Waals surface area (Å²) in [7, 11) is 2.57. The molecule has 1 amide bonds. The van der Waals surface area contributed by atoms with E-state index in [0.29, 0.717) is 30.4 Å². The summed E-state index contributed by atoms with van der Waals surface area (Å²) >= 11 is 0. The molecule has 198 valence electrons. The highest BCUT2D eigenvalue weighted by Gasteiger charge is 2.23. The number of aliphatic imine (C=N–C) groups is 1. The van der Waals surface area contributed by atoms with Gasteiger partial charge < -0.3 is 19.7 Å². The Morgan fingerprint density at radius 3 is 2.53 bits per heavy atom. The number of hydrogen-bond donors (Lipinski definition) is 1. The van der Waals surface area contributed by atoms with Gasteiger partial charge >= 0.3 is 0 Å². The Labute approximate surface area is 214 Å². The lowest BCUT2D eigenvalue weighted by molar-refractivity contribution is -0.130. The molecule has 36 heavy (non-hydrogen) atoms. The van der Waals surface area contributed by atoms with E-state index in [-0.39, 0.29) is 23.8 Å². The molecular weight excluding hydrogens is 480 g/mol. The Morgan fingerprint density at radius 2 is 1.89 bits per heavy atom. The zero-order chi connectivity index (χ0) is 26.3. The number of amidine groups is 1. The van der Waals surface area contributed by atoms with Crippen molar-refractivity contribution in [2.24, 2.45) is 10.9 Å². The summed E-state index contributed by atoms with van der Waals surface area (Å²) in [4.78, 5) is 19.0. The van der Waals surface area contributed by atoms with Gasteiger partial charge in [0.15, 0.2) is 11.5 Å². The molecule has 0 spiro atoms. The molecule has 1 atom stereocenters. The Kier molecular flexibility index (Phi) is 9.56. The first kappa shape index (κ1) is 27.7. The molecule has 0 saturated heterocycles. The SMILES string of the molecule is COc1ccc(S(=O)(=O)N(C)CCCC(=O)N(C)CCC2=CC=C(C3=NCCN3)CC2C)cc1OC. The largest absolute Gasteiger partial charge is 0.493 e. The van der Waals surface area contributed by atoms with Crippen molar-refractivity contribution < 1.29 is 22.7 Å². The van der Waals surface area contributed by atoms with Crippen molar-refractivity contribution in [2.45, 2.75) is 37.5 Å². The fourth-order valence-electron chi connectivity index (χ4n) is 4.36. The summed E-state index contributed by atoms with van der Waals surface area (Å²) in [5, 5.41) is 3.33. The third-order valence-electron chi connectivity index (χ3n) is 6.72. The van der Waals surface area contributed by atoms with E-state index >= 15 is 0 Å². The van der Waals surface area contributed by atoms with Crippen LogP contribution in [-0.4, -0.2) is 83.9 Å².